The van der Waals surface area contributed by atoms with E-state index in [9.17, 15) is 22.0 Å². The van der Waals surface area contributed by atoms with Crippen molar-refractivity contribution >= 4 is 15.9 Å². The molecule has 2 atom stereocenters. The first-order valence-corrected chi connectivity index (χ1v) is 16.9. The Hall–Kier alpha value is -1.62. The summed E-state index contributed by atoms with van der Waals surface area (Å²) in [5, 5.41) is 0. The highest BCUT2D eigenvalue weighted by atomic mass is 32.2. The Bertz CT molecular complexity index is 1060. The van der Waals surface area contributed by atoms with Crippen LogP contribution >= 0.6 is 0 Å². The molecule has 1 unspecified atom stereocenters. The molecule has 226 valence electrons. The van der Waals surface area contributed by atoms with Crippen LogP contribution in [-0.2, 0) is 19.6 Å². The van der Waals surface area contributed by atoms with Gasteiger partial charge in [0.05, 0.1) is 18.8 Å². The molecule has 0 saturated carbocycles. The Morgan fingerprint density at radius 2 is 1.68 bits per heavy atom. The number of sulfonamides is 1. The molecule has 0 spiro atoms. The zero-order valence-electron chi connectivity index (χ0n) is 24.4. The SMILES string of the molecule is CC(C)CN(C(=O)CC1CCCO1)C1CCN(CC[C@@H](c2cc(F)cc(F)c2)C2CCN(S(C)(=O)=O)CC2)CC1. The molecule has 3 aliphatic rings. The van der Waals surface area contributed by atoms with Crippen molar-refractivity contribution in [2.45, 2.75) is 83.3 Å². The number of hydrogen-bond donors (Lipinski definition) is 0. The number of halogens is 2. The quantitative estimate of drug-likeness (QED) is 0.380. The molecule has 1 aromatic rings. The highest BCUT2D eigenvalue weighted by Crippen LogP contribution is 2.37. The van der Waals surface area contributed by atoms with Crippen LogP contribution in [0.1, 0.15) is 76.7 Å². The summed E-state index contributed by atoms with van der Waals surface area (Å²) in [5.41, 5.74) is 0.660. The van der Waals surface area contributed by atoms with Crippen LogP contribution in [0.3, 0.4) is 0 Å². The van der Waals surface area contributed by atoms with Gasteiger partial charge in [0.2, 0.25) is 15.9 Å². The lowest BCUT2D eigenvalue weighted by atomic mass is 9.78. The summed E-state index contributed by atoms with van der Waals surface area (Å²) < 4.78 is 59.6. The van der Waals surface area contributed by atoms with Crippen LogP contribution in [0, 0.1) is 23.5 Å². The Balaban J connectivity index is 1.36. The molecule has 10 heteroatoms. The molecule has 3 aliphatic heterocycles. The van der Waals surface area contributed by atoms with E-state index in [2.05, 4.69) is 23.6 Å². The van der Waals surface area contributed by atoms with Crippen molar-refractivity contribution in [3.8, 4) is 0 Å². The maximum Gasteiger partial charge on any atom is 0.225 e. The first-order valence-electron chi connectivity index (χ1n) is 15.0. The number of benzene rings is 1. The monoisotopic (exact) mass is 583 g/mol. The average molecular weight is 584 g/mol. The minimum atomic E-state index is -3.25. The van der Waals surface area contributed by atoms with Gasteiger partial charge in [-0.25, -0.2) is 21.5 Å². The fourth-order valence-corrected chi connectivity index (χ4v) is 7.69. The number of carbonyl (C=O) groups excluding carboxylic acids is 1. The normalized spacial score (nSPS) is 23.1. The van der Waals surface area contributed by atoms with Gasteiger partial charge in [0.15, 0.2) is 0 Å². The maximum absolute atomic E-state index is 14.2. The predicted molar refractivity (Wildman–Crippen MR) is 152 cm³/mol. The van der Waals surface area contributed by atoms with Crippen molar-refractivity contribution in [3.63, 3.8) is 0 Å². The number of piperidine rings is 2. The number of carbonyl (C=O) groups is 1. The van der Waals surface area contributed by atoms with E-state index in [0.29, 0.717) is 43.8 Å². The van der Waals surface area contributed by atoms with E-state index in [1.807, 2.05) is 0 Å². The van der Waals surface area contributed by atoms with Crippen LogP contribution in [-0.4, -0.2) is 92.7 Å². The van der Waals surface area contributed by atoms with E-state index >= 15 is 0 Å². The van der Waals surface area contributed by atoms with Crippen molar-refractivity contribution in [2.75, 3.05) is 52.1 Å². The van der Waals surface area contributed by atoms with Crippen molar-refractivity contribution in [3.05, 3.63) is 35.4 Å². The van der Waals surface area contributed by atoms with Gasteiger partial charge in [0, 0.05) is 51.4 Å². The summed E-state index contributed by atoms with van der Waals surface area (Å²) in [6.45, 7) is 9.25. The molecule has 0 aromatic heterocycles. The molecular weight excluding hydrogens is 536 g/mol. The smallest absolute Gasteiger partial charge is 0.225 e. The number of nitrogens with zero attached hydrogens (tertiary/aromatic N) is 3. The largest absolute Gasteiger partial charge is 0.378 e. The minimum absolute atomic E-state index is 0.0462. The highest BCUT2D eigenvalue weighted by Gasteiger charge is 2.33. The van der Waals surface area contributed by atoms with Crippen LogP contribution in [0.4, 0.5) is 8.78 Å². The summed E-state index contributed by atoms with van der Waals surface area (Å²) in [5.74, 6) is -0.441. The second kappa shape index (κ2) is 14.0. The molecule has 0 bridgehead atoms. The van der Waals surface area contributed by atoms with Gasteiger partial charge < -0.3 is 14.5 Å². The van der Waals surface area contributed by atoms with Gasteiger partial charge in [-0.3, -0.25) is 4.79 Å². The van der Waals surface area contributed by atoms with Crippen LogP contribution in [0.2, 0.25) is 0 Å². The molecule has 3 saturated heterocycles. The molecule has 0 N–H and O–H groups in total. The molecule has 3 fully saturated rings. The lowest BCUT2D eigenvalue weighted by Crippen LogP contribution is -2.49. The van der Waals surface area contributed by atoms with E-state index < -0.39 is 21.7 Å². The van der Waals surface area contributed by atoms with Crippen molar-refractivity contribution in [1.29, 1.82) is 0 Å². The van der Waals surface area contributed by atoms with Crippen molar-refractivity contribution < 1.29 is 26.7 Å². The summed E-state index contributed by atoms with van der Waals surface area (Å²) >= 11 is 0. The third kappa shape index (κ3) is 8.69. The fraction of sp³-hybridized carbons (Fsp3) is 0.767. The van der Waals surface area contributed by atoms with E-state index in [1.54, 1.807) is 0 Å². The second-order valence-electron chi connectivity index (χ2n) is 12.4. The van der Waals surface area contributed by atoms with Gasteiger partial charge >= 0.3 is 0 Å². The maximum atomic E-state index is 14.2. The van der Waals surface area contributed by atoms with E-state index in [1.165, 1.54) is 22.7 Å². The second-order valence-corrected chi connectivity index (χ2v) is 14.4. The number of likely N-dealkylation sites (tertiary alicyclic amines) is 1. The standard InChI is InChI=1S/C30H47F2N3O4S/c1-22(2)21-35(30(36)20-28-5-4-16-39-28)27-8-11-33(12-9-27)13-10-29(24-17-25(31)19-26(32)18-24)23-6-14-34(15-7-23)40(3,37)38/h17-19,22-23,27-29H,4-16,20-21H2,1-3H3/t28?,29-/m1/s1. The lowest BCUT2D eigenvalue weighted by molar-refractivity contribution is -0.137. The number of ether oxygens (including phenoxy) is 1. The molecular formula is C30H47F2N3O4S. The third-order valence-electron chi connectivity index (χ3n) is 8.91. The Kier molecular flexibility index (Phi) is 11.0. The summed E-state index contributed by atoms with van der Waals surface area (Å²) in [7, 11) is -3.25. The van der Waals surface area contributed by atoms with Crippen LogP contribution in [0.25, 0.3) is 0 Å². The zero-order chi connectivity index (χ0) is 28.9. The van der Waals surface area contributed by atoms with Crippen molar-refractivity contribution in [2.24, 2.45) is 11.8 Å². The molecule has 1 amide bonds. The molecule has 0 aliphatic carbocycles. The molecule has 0 radical (unpaired) electrons. The zero-order valence-corrected chi connectivity index (χ0v) is 25.2. The summed E-state index contributed by atoms with van der Waals surface area (Å²) in [6.07, 6.45) is 7.67. The number of hydrogen-bond acceptors (Lipinski definition) is 5. The highest BCUT2D eigenvalue weighted by molar-refractivity contribution is 7.88. The van der Waals surface area contributed by atoms with Gasteiger partial charge in [-0.2, -0.15) is 0 Å². The van der Waals surface area contributed by atoms with Crippen LogP contribution in [0.5, 0.6) is 0 Å². The molecule has 1 aromatic carbocycles. The fourth-order valence-electron chi connectivity index (χ4n) is 6.82. The van der Waals surface area contributed by atoms with Gasteiger partial charge in [0.25, 0.3) is 0 Å². The van der Waals surface area contributed by atoms with Gasteiger partial charge in [-0.15, -0.1) is 0 Å². The van der Waals surface area contributed by atoms with E-state index in [-0.39, 0.29) is 29.9 Å². The Labute approximate surface area is 239 Å². The van der Waals surface area contributed by atoms with Crippen LogP contribution in [0.15, 0.2) is 18.2 Å². The lowest BCUT2D eigenvalue weighted by Gasteiger charge is -2.41. The van der Waals surface area contributed by atoms with Gasteiger partial charge in [-0.1, -0.05) is 13.8 Å². The topological polar surface area (TPSA) is 70.2 Å². The van der Waals surface area contributed by atoms with Crippen molar-refractivity contribution in [1.82, 2.24) is 14.1 Å². The Morgan fingerprint density at radius 1 is 1.02 bits per heavy atom. The third-order valence-corrected chi connectivity index (χ3v) is 10.2. The summed E-state index contributed by atoms with van der Waals surface area (Å²) in [4.78, 5) is 17.7. The van der Waals surface area contributed by atoms with E-state index in [0.717, 1.165) is 71.0 Å². The van der Waals surface area contributed by atoms with E-state index in [4.69, 9.17) is 4.74 Å². The van der Waals surface area contributed by atoms with Crippen LogP contribution < -0.4 is 0 Å². The minimum Gasteiger partial charge on any atom is -0.378 e. The van der Waals surface area contributed by atoms with Gasteiger partial charge in [0.1, 0.15) is 11.6 Å². The Morgan fingerprint density at radius 3 is 2.23 bits per heavy atom. The average Bonchev–Trinajstić information content (AvgIpc) is 3.40. The predicted octanol–water partition coefficient (Wildman–Crippen LogP) is 4.63. The molecule has 4 rings (SSSR count). The molecule has 40 heavy (non-hydrogen) atoms. The summed E-state index contributed by atoms with van der Waals surface area (Å²) in [6, 6.07) is 4.00. The first kappa shape index (κ1) is 31.3. The number of amides is 1. The first-order chi connectivity index (χ1) is 19.0. The molecule has 7 nitrogen and oxygen atoms in total. The molecule has 3 heterocycles. The number of rotatable bonds is 11. The van der Waals surface area contributed by atoms with Gasteiger partial charge in [-0.05, 0) is 86.9 Å².